The first-order valence-electron chi connectivity index (χ1n) is 5.45. The van der Waals surface area contributed by atoms with Gasteiger partial charge in [-0.05, 0) is 6.07 Å². The number of carbonyl (C=O) groups excluding carboxylic acids is 2. The molecule has 5 nitrogen and oxygen atoms in total. The molecule has 0 aliphatic carbocycles. The predicted octanol–water partition coefficient (Wildman–Crippen LogP) is 2.31. The van der Waals surface area contributed by atoms with Gasteiger partial charge in [0.25, 0.3) is 0 Å². The highest BCUT2D eigenvalue weighted by atomic mass is 79.9. The third-order valence-corrected chi connectivity index (χ3v) is 3.50. The molecule has 1 unspecified atom stereocenters. The molecule has 0 aliphatic heterocycles. The predicted molar refractivity (Wildman–Crippen MR) is 73.5 cm³/mol. The Bertz CT molecular complexity index is 498. The van der Waals surface area contributed by atoms with Crippen LogP contribution in [0.3, 0.4) is 0 Å². The summed E-state index contributed by atoms with van der Waals surface area (Å²) in [6.45, 7) is 1.23. The van der Waals surface area contributed by atoms with Crippen molar-refractivity contribution in [1.29, 1.82) is 0 Å². The van der Waals surface area contributed by atoms with Crippen molar-refractivity contribution >= 4 is 27.5 Å². The Kier molecular flexibility index (Phi) is 5.35. The van der Waals surface area contributed by atoms with Crippen molar-refractivity contribution in [2.75, 3.05) is 21.3 Å². The lowest BCUT2D eigenvalue weighted by atomic mass is 10.0. The number of rotatable bonds is 6. The monoisotopic (exact) mass is 330 g/mol. The van der Waals surface area contributed by atoms with Gasteiger partial charge < -0.3 is 14.2 Å². The molecule has 19 heavy (non-hydrogen) atoms. The number of methoxy groups -OCH3 is 3. The summed E-state index contributed by atoms with van der Waals surface area (Å²) >= 11 is 3.21. The van der Waals surface area contributed by atoms with Crippen LogP contribution in [0.15, 0.2) is 12.1 Å². The molecule has 1 atom stereocenters. The average molecular weight is 331 g/mol. The van der Waals surface area contributed by atoms with Gasteiger partial charge in [-0.1, -0.05) is 15.9 Å². The number of Topliss-reactive ketones (excluding diaryl/α,β-unsaturated/α-hetero) is 2. The fourth-order valence-corrected chi connectivity index (χ4v) is 2.25. The van der Waals surface area contributed by atoms with Crippen molar-refractivity contribution in [2.24, 2.45) is 0 Å². The molecule has 0 saturated carbocycles. The van der Waals surface area contributed by atoms with E-state index in [0.29, 0.717) is 22.8 Å². The fraction of sp³-hybridized carbons (Fsp3) is 0.385. The van der Waals surface area contributed by atoms with Gasteiger partial charge in [-0.25, -0.2) is 0 Å². The minimum absolute atomic E-state index is 0.439. The van der Waals surface area contributed by atoms with Gasteiger partial charge in [0.2, 0.25) is 5.78 Å². The Hall–Kier alpha value is -1.56. The molecule has 1 aromatic rings. The maximum atomic E-state index is 11.7. The van der Waals surface area contributed by atoms with E-state index in [-0.39, 0.29) is 0 Å². The number of hydrogen-bond donors (Lipinski definition) is 0. The zero-order chi connectivity index (χ0) is 14.6. The van der Waals surface area contributed by atoms with Gasteiger partial charge in [-0.15, -0.1) is 0 Å². The molecule has 0 saturated heterocycles. The van der Waals surface area contributed by atoms with Crippen LogP contribution in [-0.4, -0.2) is 32.9 Å². The van der Waals surface area contributed by atoms with E-state index in [1.54, 1.807) is 12.1 Å². The molecule has 0 aliphatic rings. The van der Waals surface area contributed by atoms with Crippen molar-refractivity contribution in [3.8, 4) is 17.2 Å². The Morgan fingerprint density at radius 3 is 1.89 bits per heavy atom. The van der Waals surface area contributed by atoms with E-state index in [9.17, 15) is 9.59 Å². The van der Waals surface area contributed by atoms with E-state index in [1.165, 1.54) is 28.3 Å². The molecule has 0 heterocycles. The standard InChI is InChI=1S/C13H15BrO5/c1-7(15)13(16)12(14)8-5-10(18-3)11(19-4)6-9(8)17-2/h5-6,12H,1-4H3. The van der Waals surface area contributed by atoms with Crippen LogP contribution in [0.1, 0.15) is 17.3 Å². The lowest BCUT2D eigenvalue weighted by Crippen LogP contribution is -2.16. The van der Waals surface area contributed by atoms with Crippen molar-refractivity contribution in [1.82, 2.24) is 0 Å². The van der Waals surface area contributed by atoms with Crippen LogP contribution in [-0.2, 0) is 9.59 Å². The van der Waals surface area contributed by atoms with Crippen molar-refractivity contribution in [3.63, 3.8) is 0 Å². The summed E-state index contributed by atoms with van der Waals surface area (Å²) in [4.78, 5) is 22.1. The first kappa shape index (κ1) is 15.5. The summed E-state index contributed by atoms with van der Waals surface area (Å²) in [5.74, 6) is 0.301. The Morgan fingerprint density at radius 2 is 1.47 bits per heavy atom. The topological polar surface area (TPSA) is 61.8 Å². The van der Waals surface area contributed by atoms with Gasteiger partial charge in [-0.3, -0.25) is 9.59 Å². The van der Waals surface area contributed by atoms with Crippen LogP contribution in [0.5, 0.6) is 17.2 Å². The smallest absolute Gasteiger partial charge is 0.216 e. The van der Waals surface area contributed by atoms with E-state index in [4.69, 9.17) is 14.2 Å². The molecular weight excluding hydrogens is 316 g/mol. The molecule has 6 heteroatoms. The Labute approximate surface area is 120 Å². The number of carbonyl (C=O) groups is 2. The van der Waals surface area contributed by atoms with Crippen LogP contribution >= 0.6 is 15.9 Å². The van der Waals surface area contributed by atoms with E-state index >= 15 is 0 Å². The van der Waals surface area contributed by atoms with Crippen molar-refractivity contribution < 1.29 is 23.8 Å². The molecule has 0 aromatic heterocycles. The summed E-state index contributed by atoms with van der Waals surface area (Å²) in [6.07, 6.45) is 0. The number of ether oxygens (including phenoxy) is 3. The van der Waals surface area contributed by atoms with E-state index in [0.717, 1.165) is 0 Å². The normalized spacial score (nSPS) is 11.6. The molecular formula is C13H15BrO5. The molecule has 1 rings (SSSR count). The summed E-state index contributed by atoms with van der Waals surface area (Å²) in [7, 11) is 4.47. The second-order valence-corrected chi connectivity index (χ2v) is 4.65. The van der Waals surface area contributed by atoms with Crippen LogP contribution in [0.4, 0.5) is 0 Å². The Balaban J connectivity index is 3.33. The van der Waals surface area contributed by atoms with Gasteiger partial charge in [-0.2, -0.15) is 0 Å². The van der Waals surface area contributed by atoms with Gasteiger partial charge in [0.05, 0.1) is 21.3 Å². The number of halogens is 1. The Morgan fingerprint density at radius 1 is 1.00 bits per heavy atom. The maximum absolute atomic E-state index is 11.7. The molecule has 0 amide bonds. The molecule has 0 N–H and O–H groups in total. The minimum atomic E-state index is -0.778. The highest BCUT2D eigenvalue weighted by molar-refractivity contribution is 9.09. The maximum Gasteiger partial charge on any atom is 0.216 e. The summed E-state index contributed by atoms with van der Waals surface area (Å²) in [5.41, 5.74) is 0.514. The lowest BCUT2D eigenvalue weighted by molar-refractivity contribution is -0.135. The minimum Gasteiger partial charge on any atom is -0.496 e. The fourth-order valence-electron chi connectivity index (χ4n) is 1.57. The quantitative estimate of drug-likeness (QED) is 0.591. The molecule has 0 fully saturated rings. The number of alkyl halides is 1. The third kappa shape index (κ3) is 3.26. The molecule has 0 spiro atoms. The summed E-state index contributed by atoms with van der Waals surface area (Å²) in [6, 6.07) is 3.22. The van der Waals surface area contributed by atoms with Gasteiger partial charge in [0.15, 0.2) is 17.3 Å². The van der Waals surface area contributed by atoms with Gasteiger partial charge in [0.1, 0.15) is 10.6 Å². The van der Waals surface area contributed by atoms with Crippen molar-refractivity contribution in [2.45, 2.75) is 11.8 Å². The van der Waals surface area contributed by atoms with E-state index in [1.807, 2.05) is 0 Å². The van der Waals surface area contributed by atoms with Gasteiger partial charge in [0, 0.05) is 18.6 Å². The highest BCUT2D eigenvalue weighted by Gasteiger charge is 2.26. The summed E-state index contributed by atoms with van der Waals surface area (Å²) in [5, 5.41) is 0. The SMILES string of the molecule is COc1cc(OC)c(C(Br)C(=O)C(C)=O)cc1OC. The van der Waals surface area contributed by atoms with Crippen LogP contribution in [0, 0.1) is 0 Å². The molecule has 0 bridgehead atoms. The lowest BCUT2D eigenvalue weighted by Gasteiger charge is -2.16. The third-order valence-electron chi connectivity index (χ3n) is 2.59. The van der Waals surface area contributed by atoms with Crippen LogP contribution < -0.4 is 14.2 Å². The zero-order valence-corrected chi connectivity index (χ0v) is 12.7. The number of hydrogen-bond acceptors (Lipinski definition) is 5. The van der Waals surface area contributed by atoms with Crippen molar-refractivity contribution in [3.05, 3.63) is 17.7 Å². The zero-order valence-electron chi connectivity index (χ0n) is 11.2. The average Bonchev–Trinajstić information content (AvgIpc) is 2.43. The van der Waals surface area contributed by atoms with E-state index in [2.05, 4.69) is 15.9 Å². The highest BCUT2D eigenvalue weighted by Crippen LogP contribution is 2.40. The molecule has 104 valence electrons. The number of ketones is 2. The van der Waals surface area contributed by atoms with Crippen LogP contribution in [0.2, 0.25) is 0 Å². The number of benzene rings is 1. The molecule has 1 aromatic carbocycles. The van der Waals surface area contributed by atoms with Gasteiger partial charge >= 0.3 is 0 Å². The van der Waals surface area contributed by atoms with E-state index < -0.39 is 16.4 Å². The molecule has 0 radical (unpaired) electrons. The summed E-state index contributed by atoms with van der Waals surface area (Å²) < 4.78 is 15.5. The second-order valence-electron chi connectivity index (χ2n) is 3.73. The first-order chi connectivity index (χ1) is 8.96. The first-order valence-corrected chi connectivity index (χ1v) is 6.36. The largest absolute Gasteiger partial charge is 0.496 e. The second kappa shape index (κ2) is 6.56. The van der Waals surface area contributed by atoms with Crippen LogP contribution in [0.25, 0.3) is 0 Å².